The fourth-order valence-corrected chi connectivity index (χ4v) is 14.8. The minimum Gasteiger partial charge on any atom is -0.455 e. The summed E-state index contributed by atoms with van der Waals surface area (Å²) < 4.78 is 14.1. The highest BCUT2D eigenvalue weighted by atomic mass is 16.3. The zero-order chi connectivity index (χ0) is 48.4. The van der Waals surface area contributed by atoms with Crippen LogP contribution in [0.2, 0.25) is 0 Å². The molecule has 0 saturated heterocycles. The van der Waals surface area contributed by atoms with Crippen LogP contribution in [0.25, 0.3) is 88.4 Å². The lowest BCUT2D eigenvalue weighted by Crippen LogP contribution is -2.24. The van der Waals surface area contributed by atoms with E-state index in [0.717, 1.165) is 33.7 Å². The van der Waals surface area contributed by atoms with E-state index in [2.05, 4.69) is 226 Å². The first kappa shape index (κ1) is 41.2. The van der Waals surface area contributed by atoms with Crippen LogP contribution in [0.1, 0.15) is 111 Å². The van der Waals surface area contributed by atoms with Gasteiger partial charge < -0.3 is 13.7 Å². The second-order valence-corrected chi connectivity index (χ2v) is 23.3. The molecule has 15 rings (SSSR count). The van der Waals surface area contributed by atoms with Crippen molar-refractivity contribution in [3.8, 4) is 44.5 Å². The van der Waals surface area contributed by atoms with Gasteiger partial charge in [0.05, 0.1) is 0 Å². The molecule has 0 saturated carbocycles. The lowest BCUT2D eigenvalue weighted by atomic mass is 9.72. The van der Waals surface area contributed by atoms with Gasteiger partial charge in [-0.15, -0.1) is 0 Å². The molecule has 0 unspecified atom stereocenters. The van der Waals surface area contributed by atoms with Crippen molar-refractivity contribution in [3.05, 3.63) is 207 Å². The number of rotatable bonds is 3. The van der Waals surface area contributed by atoms with Crippen molar-refractivity contribution in [2.45, 2.75) is 90.9 Å². The Bertz CT molecular complexity index is 4010. The molecule has 4 aliphatic carbocycles. The van der Waals surface area contributed by atoms with E-state index in [-0.39, 0.29) is 21.7 Å². The highest BCUT2D eigenvalue weighted by Gasteiger charge is 2.51. The molecule has 2 aromatic heterocycles. The van der Waals surface area contributed by atoms with Gasteiger partial charge in [0.2, 0.25) is 0 Å². The highest BCUT2D eigenvalue weighted by Crippen LogP contribution is 2.66. The molecule has 0 aliphatic heterocycles. The van der Waals surface area contributed by atoms with Crippen LogP contribution < -0.4 is 4.90 Å². The van der Waals surface area contributed by atoms with Crippen molar-refractivity contribution in [1.82, 2.24) is 0 Å². The van der Waals surface area contributed by atoms with Crippen LogP contribution in [0.5, 0.6) is 0 Å². The molecule has 3 nitrogen and oxygen atoms in total. The number of furan rings is 2. The molecule has 11 aromatic rings. The first-order valence-corrected chi connectivity index (χ1v) is 25.5. The van der Waals surface area contributed by atoms with Gasteiger partial charge in [0.1, 0.15) is 22.3 Å². The molecule has 0 fully saturated rings. The van der Waals surface area contributed by atoms with Crippen LogP contribution >= 0.6 is 0 Å². The molecule has 0 atom stereocenters. The lowest BCUT2D eigenvalue weighted by Gasteiger charge is -2.33. The number of para-hydroxylation sites is 2. The summed E-state index contributed by atoms with van der Waals surface area (Å²) in [6.07, 6.45) is 0. The number of benzene rings is 9. The standard InChI is InChI=1S/C68H55NO2/c1-36-27-32-50(37(2)33-36)69(38-28-30-42-48(34-38)67(7,8)61-57(42)63-55(44-21-13-17-25-51(44)70-63)53-40-19-11-15-23-46(40)65(3,4)59(53)61)39-29-31-43-49(35-39)68(9,10)62-58(43)64-56(45-22-14-18-26-52(45)71-64)54-41-20-12-16-24-47(41)66(5,6)60(54)62/h11-35H,1-10H3. The summed E-state index contributed by atoms with van der Waals surface area (Å²) in [5.74, 6) is 0. The van der Waals surface area contributed by atoms with Gasteiger partial charge in [-0.05, 0) is 140 Å². The summed E-state index contributed by atoms with van der Waals surface area (Å²) in [5, 5.41) is 4.82. The Morgan fingerprint density at radius 2 is 0.761 bits per heavy atom. The second-order valence-electron chi connectivity index (χ2n) is 23.3. The fourth-order valence-electron chi connectivity index (χ4n) is 14.8. The first-order chi connectivity index (χ1) is 34.1. The molecule has 0 N–H and O–H groups in total. The largest absolute Gasteiger partial charge is 0.455 e. The molecule has 344 valence electrons. The van der Waals surface area contributed by atoms with Gasteiger partial charge in [-0.3, -0.25) is 0 Å². The molecule has 2 heterocycles. The topological polar surface area (TPSA) is 29.5 Å². The van der Waals surface area contributed by atoms with Crippen LogP contribution in [0, 0.1) is 13.8 Å². The van der Waals surface area contributed by atoms with E-state index < -0.39 is 0 Å². The molecular weight excluding hydrogens is 863 g/mol. The summed E-state index contributed by atoms with van der Waals surface area (Å²) in [6, 6.07) is 56.8. The van der Waals surface area contributed by atoms with Crippen LogP contribution in [-0.2, 0) is 21.7 Å². The molecule has 0 radical (unpaired) electrons. The van der Waals surface area contributed by atoms with E-state index in [0.29, 0.717) is 0 Å². The van der Waals surface area contributed by atoms with Crippen molar-refractivity contribution in [2.75, 3.05) is 4.90 Å². The van der Waals surface area contributed by atoms with Gasteiger partial charge in [-0.25, -0.2) is 0 Å². The van der Waals surface area contributed by atoms with Gasteiger partial charge in [0, 0.05) is 71.4 Å². The second kappa shape index (κ2) is 13.2. The number of hydrogen-bond donors (Lipinski definition) is 0. The zero-order valence-electron chi connectivity index (χ0n) is 42.2. The quantitative estimate of drug-likeness (QED) is 0.177. The predicted molar refractivity (Wildman–Crippen MR) is 295 cm³/mol. The number of hydrogen-bond acceptors (Lipinski definition) is 3. The lowest BCUT2D eigenvalue weighted by molar-refractivity contribution is 0.600. The van der Waals surface area contributed by atoms with E-state index >= 15 is 0 Å². The number of aryl methyl sites for hydroxylation is 2. The highest BCUT2D eigenvalue weighted by molar-refractivity contribution is 6.22. The predicted octanol–water partition coefficient (Wildman–Crippen LogP) is 18.8. The monoisotopic (exact) mass is 917 g/mol. The third-order valence-electron chi connectivity index (χ3n) is 17.9. The minimum atomic E-state index is -0.338. The maximum Gasteiger partial charge on any atom is 0.144 e. The van der Waals surface area contributed by atoms with Crippen LogP contribution in [0.4, 0.5) is 17.1 Å². The Kier molecular flexibility index (Phi) is 7.66. The van der Waals surface area contributed by atoms with E-state index in [1.54, 1.807) is 0 Å². The molecule has 0 amide bonds. The van der Waals surface area contributed by atoms with E-state index in [1.165, 1.54) is 127 Å². The van der Waals surface area contributed by atoms with E-state index in [9.17, 15) is 0 Å². The van der Waals surface area contributed by atoms with Gasteiger partial charge in [0.25, 0.3) is 0 Å². The maximum absolute atomic E-state index is 7.07. The van der Waals surface area contributed by atoms with E-state index in [4.69, 9.17) is 8.83 Å². The molecule has 4 aliphatic rings. The van der Waals surface area contributed by atoms with Crippen LogP contribution in [0.3, 0.4) is 0 Å². The third-order valence-corrected chi connectivity index (χ3v) is 17.9. The summed E-state index contributed by atoms with van der Waals surface area (Å²) in [4.78, 5) is 2.52. The average Bonchev–Trinajstić information content (AvgIpc) is 4.15. The summed E-state index contributed by atoms with van der Waals surface area (Å²) in [6.45, 7) is 24.0. The Morgan fingerprint density at radius 1 is 0.366 bits per heavy atom. The summed E-state index contributed by atoms with van der Waals surface area (Å²) in [5.41, 5.74) is 30.0. The summed E-state index contributed by atoms with van der Waals surface area (Å²) >= 11 is 0. The number of nitrogens with zero attached hydrogens (tertiary/aromatic N) is 1. The van der Waals surface area contributed by atoms with Gasteiger partial charge >= 0.3 is 0 Å². The zero-order valence-corrected chi connectivity index (χ0v) is 42.2. The maximum atomic E-state index is 7.07. The molecule has 9 aromatic carbocycles. The third kappa shape index (κ3) is 4.90. The molecular formula is C68H55NO2. The average molecular weight is 918 g/mol. The molecule has 0 bridgehead atoms. The van der Waals surface area contributed by atoms with Crippen molar-refractivity contribution in [3.63, 3.8) is 0 Å². The molecule has 71 heavy (non-hydrogen) atoms. The van der Waals surface area contributed by atoms with Crippen molar-refractivity contribution < 1.29 is 8.83 Å². The Hall–Kier alpha value is -7.62. The van der Waals surface area contributed by atoms with Crippen LogP contribution in [0.15, 0.2) is 160 Å². The van der Waals surface area contributed by atoms with Crippen molar-refractivity contribution in [2.24, 2.45) is 0 Å². The Balaban J connectivity index is 0.967. The first-order valence-electron chi connectivity index (χ1n) is 25.5. The van der Waals surface area contributed by atoms with Crippen molar-refractivity contribution in [1.29, 1.82) is 0 Å². The number of fused-ring (bicyclic) bond motifs is 24. The minimum absolute atomic E-state index is 0.212. The summed E-state index contributed by atoms with van der Waals surface area (Å²) in [7, 11) is 0. The molecule has 3 heteroatoms. The fraction of sp³-hybridized carbons (Fsp3) is 0.206. The van der Waals surface area contributed by atoms with Crippen LogP contribution in [-0.4, -0.2) is 0 Å². The Labute approximate surface area is 415 Å². The van der Waals surface area contributed by atoms with E-state index in [1.807, 2.05) is 0 Å². The normalized spacial score (nSPS) is 16.5. The van der Waals surface area contributed by atoms with Gasteiger partial charge in [-0.1, -0.05) is 170 Å². The SMILES string of the molecule is Cc1ccc(N(c2ccc3c(c2)C(C)(C)c2c4c(c5c(oc6ccccc65)c2-3)-c2ccccc2C4(C)C)c2ccc3c(c2)C(C)(C)c2c4c(c5c(oc6ccccc65)c2-3)-c2ccccc2C4(C)C)c(C)c1. The van der Waals surface area contributed by atoms with Crippen molar-refractivity contribution >= 4 is 60.9 Å². The number of anilines is 3. The smallest absolute Gasteiger partial charge is 0.144 e. The Morgan fingerprint density at radius 3 is 1.23 bits per heavy atom. The van der Waals surface area contributed by atoms with Gasteiger partial charge in [0.15, 0.2) is 0 Å². The van der Waals surface area contributed by atoms with Gasteiger partial charge in [-0.2, -0.15) is 0 Å². The molecule has 0 spiro atoms.